The second-order valence-corrected chi connectivity index (χ2v) is 3.65. The Morgan fingerprint density at radius 3 is 2.71 bits per heavy atom. The molecule has 1 aliphatic rings. The average Bonchev–Trinajstić information content (AvgIpc) is 3.02. The van der Waals surface area contributed by atoms with Gasteiger partial charge in [0.1, 0.15) is 11.9 Å². The Kier molecular flexibility index (Phi) is 3.04. The van der Waals surface area contributed by atoms with E-state index in [1.165, 1.54) is 0 Å². The normalized spacial score (nSPS) is 21.6. The molecule has 0 amide bonds. The second-order valence-electron chi connectivity index (χ2n) is 3.65. The molecule has 1 aromatic rings. The molecule has 2 nitrogen and oxygen atoms in total. The van der Waals surface area contributed by atoms with E-state index in [1.54, 1.807) is 0 Å². The van der Waals surface area contributed by atoms with Crippen molar-refractivity contribution in [2.75, 3.05) is 6.61 Å². The Balaban J connectivity index is 1.87. The van der Waals surface area contributed by atoms with E-state index >= 15 is 0 Å². The zero-order valence-corrected chi connectivity index (χ0v) is 8.48. The standard InChI is InChI=1S/C12H16O2/c1-2-10(8-12-9-13-12)14-11-6-4-3-5-7-11/h3-7,10,12H,2,8-9H2,1H3. The first-order chi connectivity index (χ1) is 6.88. The Morgan fingerprint density at radius 1 is 1.43 bits per heavy atom. The van der Waals surface area contributed by atoms with Crippen molar-refractivity contribution in [3.63, 3.8) is 0 Å². The zero-order chi connectivity index (χ0) is 9.80. The molecule has 0 bridgehead atoms. The molecule has 0 N–H and O–H groups in total. The van der Waals surface area contributed by atoms with Gasteiger partial charge in [-0.05, 0) is 18.6 Å². The van der Waals surface area contributed by atoms with E-state index < -0.39 is 0 Å². The molecule has 2 unspecified atom stereocenters. The van der Waals surface area contributed by atoms with E-state index in [1.807, 2.05) is 30.3 Å². The SMILES string of the molecule is CCC(CC1CO1)Oc1ccccc1. The molecule has 0 saturated carbocycles. The van der Waals surface area contributed by atoms with Crippen LogP contribution in [0.25, 0.3) is 0 Å². The minimum absolute atomic E-state index is 0.296. The molecule has 2 atom stereocenters. The van der Waals surface area contributed by atoms with Crippen LogP contribution in [0.5, 0.6) is 5.75 Å². The molecule has 1 aliphatic heterocycles. The van der Waals surface area contributed by atoms with Crippen LogP contribution in [0.3, 0.4) is 0 Å². The van der Waals surface area contributed by atoms with E-state index in [2.05, 4.69) is 6.92 Å². The van der Waals surface area contributed by atoms with Crippen LogP contribution >= 0.6 is 0 Å². The van der Waals surface area contributed by atoms with Gasteiger partial charge in [-0.15, -0.1) is 0 Å². The first-order valence-electron chi connectivity index (χ1n) is 5.21. The van der Waals surface area contributed by atoms with Gasteiger partial charge < -0.3 is 9.47 Å². The Morgan fingerprint density at radius 2 is 2.14 bits per heavy atom. The van der Waals surface area contributed by atoms with Crippen molar-refractivity contribution >= 4 is 0 Å². The number of benzene rings is 1. The van der Waals surface area contributed by atoms with E-state index in [4.69, 9.17) is 9.47 Å². The molecule has 2 rings (SSSR count). The van der Waals surface area contributed by atoms with Crippen LogP contribution in [-0.4, -0.2) is 18.8 Å². The molecule has 0 spiro atoms. The summed E-state index contributed by atoms with van der Waals surface area (Å²) in [6.45, 7) is 3.06. The van der Waals surface area contributed by atoms with E-state index in [0.29, 0.717) is 12.2 Å². The number of hydrogen-bond acceptors (Lipinski definition) is 2. The van der Waals surface area contributed by atoms with E-state index in [0.717, 1.165) is 25.2 Å². The summed E-state index contributed by atoms with van der Waals surface area (Å²) in [6, 6.07) is 9.98. The van der Waals surface area contributed by atoms with Crippen molar-refractivity contribution in [2.45, 2.75) is 32.0 Å². The summed E-state index contributed by atoms with van der Waals surface area (Å²) in [7, 11) is 0. The summed E-state index contributed by atoms with van der Waals surface area (Å²) in [5.41, 5.74) is 0. The number of hydrogen-bond donors (Lipinski definition) is 0. The third kappa shape index (κ3) is 2.74. The minimum Gasteiger partial charge on any atom is -0.490 e. The highest BCUT2D eigenvalue weighted by Crippen LogP contribution is 2.21. The van der Waals surface area contributed by atoms with E-state index in [9.17, 15) is 0 Å². The quantitative estimate of drug-likeness (QED) is 0.669. The molecule has 2 heteroatoms. The first-order valence-corrected chi connectivity index (χ1v) is 5.21. The fourth-order valence-corrected chi connectivity index (χ4v) is 1.49. The molecule has 0 aliphatic carbocycles. The highest BCUT2D eigenvalue weighted by atomic mass is 16.6. The molecule has 1 heterocycles. The predicted octanol–water partition coefficient (Wildman–Crippen LogP) is 2.63. The monoisotopic (exact) mass is 192 g/mol. The van der Waals surface area contributed by atoms with Crippen molar-refractivity contribution in [3.8, 4) is 5.75 Å². The van der Waals surface area contributed by atoms with Crippen molar-refractivity contribution in [3.05, 3.63) is 30.3 Å². The molecule has 0 aromatic heterocycles. The lowest BCUT2D eigenvalue weighted by atomic mass is 10.1. The third-order valence-corrected chi connectivity index (χ3v) is 2.43. The van der Waals surface area contributed by atoms with Crippen LogP contribution in [-0.2, 0) is 4.74 Å². The summed E-state index contributed by atoms with van der Waals surface area (Å²) in [5.74, 6) is 0.958. The van der Waals surface area contributed by atoms with Gasteiger partial charge in [-0.1, -0.05) is 25.1 Å². The summed E-state index contributed by atoms with van der Waals surface area (Å²) < 4.78 is 11.0. The van der Waals surface area contributed by atoms with Gasteiger partial charge in [-0.25, -0.2) is 0 Å². The van der Waals surface area contributed by atoms with Crippen LogP contribution in [0.2, 0.25) is 0 Å². The lowest BCUT2D eigenvalue weighted by Crippen LogP contribution is -2.17. The van der Waals surface area contributed by atoms with Crippen LogP contribution in [0, 0.1) is 0 Å². The molecular weight excluding hydrogens is 176 g/mol. The molecule has 1 fully saturated rings. The Labute approximate surface area is 84.8 Å². The zero-order valence-electron chi connectivity index (χ0n) is 8.48. The maximum atomic E-state index is 5.83. The maximum absolute atomic E-state index is 5.83. The minimum atomic E-state index is 0.296. The average molecular weight is 192 g/mol. The Hall–Kier alpha value is -1.02. The van der Waals surface area contributed by atoms with Crippen LogP contribution < -0.4 is 4.74 Å². The summed E-state index contributed by atoms with van der Waals surface area (Å²) in [5, 5.41) is 0. The number of rotatable bonds is 5. The van der Waals surface area contributed by atoms with Gasteiger partial charge in [0.2, 0.25) is 0 Å². The summed E-state index contributed by atoms with van der Waals surface area (Å²) in [6.07, 6.45) is 2.80. The van der Waals surface area contributed by atoms with Gasteiger partial charge in [-0.3, -0.25) is 0 Å². The smallest absolute Gasteiger partial charge is 0.119 e. The largest absolute Gasteiger partial charge is 0.490 e. The van der Waals surface area contributed by atoms with Gasteiger partial charge in [0.25, 0.3) is 0 Å². The molecule has 1 saturated heterocycles. The van der Waals surface area contributed by atoms with Gasteiger partial charge in [0.15, 0.2) is 0 Å². The number of para-hydroxylation sites is 1. The van der Waals surface area contributed by atoms with Gasteiger partial charge in [0.05, 0.1) is 12.7 Å². The number of ether oxygens (including phenoxy) is 2. The second kappa shape index (κ2) is 4.47. The third-order valence-electron chi connectivity index (χ3n) is 2.43. The van der Waals surface area contributed by atoms with Crippen molar-refractivity contribution in [1.82, 2.24) is 0 Å². The van der Waals surface area contributed by atoms with Crippen molar-refractivity contribution < 1.29 is 9.47 Å². The van der Waals surface area contributed by atoms with Gasteiger partial charge >= 0.3 is 0 Å². The lowest BCUT2D eigenvalue weighted by Gasteiger charge is -2.16. The van der Waals surface area contributed by atoms with Gasteiger partial charge in [0, 0.05) is 6.42 Å². The lowest BCUT2D eigenvalue weighted by molar-refractivity contribution is 0.172. The van der Waals surface area contributed by atoms with Crippen LogP contribution in [0.15, 0.2) is 30.3 Å². The van der Waals surface area contributed by atoms with Gasteiger partial charge in [-0.2, -0.15) is 0 Å². The van der Waals surface area contributed by atoms with Crippen LogP contribution in [0.4, 0.5) is 0 Å². The highest BCUT2D eigenvalue weighted by molar-refractivity contribution is 5.21. The van der Waals surface area contributed by atoms with Crippen LogP contribution in [0.1, 0.15) is 19.8 Å². The Bertz CT molecular complexity index is 267. The predicted molar refractivity (Wildman–Crippen MR) is 55.5 cm³/mol. The summed E-state index contributed by atoms with van der Waals surface area (Å²) >= 11 is 0. The molecule has 0 radical (unpaired) electrons. The number of epoxide rings is 1. The highest BCUT2D eigenvalue weighted by Gasteiger charge is 2.26. The maximum Gasteiger partial charge on any atom is 0.119 e. The first kappa shape index (κ1) is 9.53. The topological polar surface area (TPSA) is 21.8 Å². The summed E-state index contributed by atoms with van der Waals surface area (Å²) in [4.78, 5) is 0. The van der Waals surface area contributed by atoms with Crippen molar-refractivity contribution in [1.29, 1.82) is 0 Å². The molecule has 14 heavy (non-hydrogen) atoms. The molecular formula is C12H16O2. The fraction of sp³-hybridized carbons (Fsp3) is 0.500. The van der Waals surface area contributed by atoms with E-state index in [-0.39, 0.29) is 0 Å². The fourth-order valence-electron chi connectivity index (χ4n) is 1.49. The molecule has 76 valence electrons. The van der Waals surface area contributed by atoms with Crippen molar-refractivity contribution in [2.24, 2.45) is 0 Å². The molecule has 1 aromatic carbocycles.